The van der Waals surface area contributed by atoms with Crippen LogP contribution in [0.25, 0.3) is 0 Å². The number of hydrogen-bond donors (Lipinski definition) is 1. The average Bonchev–Trinajstić information content (AvgIpc) is 2.49. The van der Waals surface area contributed by atoms with Gasteiger partial charge in [0.2, 0.25) is 0 Å². The molecule has 3 heteroatoms. The van der Waals surface area contributed by atoms with Crippen LogP contribution in [0.4, 0.5) is 0 Å². The van der Waals surface area contributed by atoms with Crippen molar-refractivity contribution in [1.82, 2.24) is 10.4 Å². The molecular weight excluding hydrogens is 104 g/mol. The summed E-state index contributed by atoms with van der Waals surface area (Å²) in [6, 6.07) is 0. The lowest BCUT2D eigenvalue weighted by atomic mass is 10.6. The number of epoxide rings is 1. The topological polar surface area (TPSA) is 27.8 Å². The normalized spacial score (nSPS) is 35.2. The van der Waals surface area contributed by atoms with E-state index in [0.29, 0.717) is 6.23 Å². The van der Waals surface area contributed by atoms with E-state index >= 15 is 0 Å². The average molecular weight is 112 g/mol. The Hall–Kier alpha value is -0.540. The molecule has 0 radical (unpaired) electrons. The summed E-state index contributed by atoms with van der Waals surface area (Å²) in [7, 11) is 0. The van der Waals surface area contributed by atoms with Gasteiger partial charge in [-0.15, -0.1) is 0 Å². The molecule has 1 saturated heterocycles. The second-order valence-electron chi connectivity index (χ2n) is 1.97. The van der Waals surface area contributed by atoms with Crippen molar-refractivity contribution in [2.45, 2.75) is 6.23 Å². The maximum atomic E-state index is 5.02. The van der Waals surface area contributed by atoms with Crippen molar-refractivity contribution in [3.05, 3.63) is 12.3 Å². The molecule has 0 aliphatic carbocycles. The Kier molecular flexibility index (Phi) is 0.797. The predicted octanol–water partition coefficient (Wildman–Crippen LogP) is -0.323. The number of hydrogen-bond acceptors (Lipinski definition) is 3. The van der Waals surface area contributed by atoms with Gasteiger partial charge in [0.05, 0.1) is 6.61 Å². The van der Waals surface area contributed by atoms with E-state index in [1.165, 1.54) is 0 Å². The molecule has 0 aromatic heterocycles. The summed E-state index contributed by atoms with van der Waals surface area (Å²) in [6.45, 7) is 1.86. The molecule has 1 unspecified atom stereocenters. The highest BCUT2D eigenvalue weighted by atomic mass is 16.6. The van der Waals surface area contributed by atoms with Gasteiger partial charge in [-0.2, -0.15) is 5.01 Å². The van der Waals surface area contributed by atoms with Crippen molar-refractivity contribution >= 4 is 0 Å². The highest BCUT2D eigenvalue weighted by Crippen LogP contribution is 2.14. The summed E-state index contributed by atoms with van der Waals surface area (Å²) < 4.78 is 5.02. The fourth-order valence-corrected chi connectivity index (χ4v) is 0.791. The molecule has 3 nitrogen and oxygen atoms in total. The van der Waals surface area contributed by atoms with E-state index in [1.54, 1.807) is 0 Å². The molecule has 0 aromatic rings. The maximum absolute atomic E-state index is 5.02. The van der Waals surface area contributed by atoms with Crippen LogP contribution in [0.15, 0.2) is 12.3 Å². The first-order valence-electron chi connectivity index (χ1n) is 2.76. The van der Waals surface area contributed by atoms with Gasteiger partial charge in [-0.25, -0.2) is 0 Å². The summed E-state index contributed by atoms with van der Waals surface area (Å²) in [5.74, 6) is 0. The van der Waals surface area contributed by atoms with E-state index in [4.69, 9.17) is 4.74 Å². The van der Waals surface area contributed by atoms with Crippen LogP contribution in [-0.2, 0) is 4.74 Å². The van der Waals surface area contributed by atoms with Gasteiger partial charge >= 0.3 is 0 Å². The first-order valence-corrected chi connectivity index (χ1v) is 2.76. The van der Waals surface area contributed by atoms with Crippen LogP contribution in [-0.4, -0.2) is 24.4 Å². The zero-order valence-electron chi connectivity index (χ0n) is 4.50. The molecule has 2 heterocycles. The lowest BCUT2D eigenvalue weighted by molar-refractivity contribution is 0.166. The summed E-state index contributed by atoms with van der Waals surface area (Å²) in [5, 5.41) is 2.06. The van der Waals surface area contributed by atoms with Gasteiger partial charge in [0.15, 0.2) is 6.23 Å². The Morgan fingerprint density at radius 2 is 2.62 bits per heavy atom. The standard InChI is InChI=1S/C5H8N2O/c1-2-6-7(3-1)5-4-8-5/h1-2,5-6H,3-4H2. The van der Waals surface area contributed by atoms with Crippen molar-refractivity contribution in [3.63, 3.8) is 0 Å². The molecule has 0 bridgehead atoms. The number of nitrogens with one attached hydrogen (secondary N) is 1. The number of nitrogens with zero attached hydrogens (tertiary/aromatic N) is 1. The Bertz CT molecular complexity index is 112. The largest absolute Gasteiger partial charge is 0.355 e. The summed E-state index contributed by atoms with van der Waals surface area (Å²) in [5.41, 5.74) is 3.05. The highest BCUT2D eigenvalue weighted by molar-refractivity contribution is 4.91. The van der Waals surface area contributed by atoms with Crippen molar-refractivity contribution < 1.29 is 4.74 Å². The Labute approximate surface area is 47.9 Å². The molecule has 1 atom stereocenters. The van der Waals surface area contributed by atoms with Crippen LogP contribution in [0.5, 0.6) is 0 Å². The van der Waals surface area contributed by atoms with Crippen LogP contribution in [0.2, 0.25) is 0 Å². The Morgan fingerprint density at radius 3 is 3.12 bits per heavy atom. The van der Waals surface area contributed by atoms with E-state index < -0.39 is 0 Å². The molecule has 0 spiro atoms. The highest BCUT2D eigenvalue weighted by Gasteiger charge is 2.30. The second kappa shape index (κ2) is 1.47. The first kappa shape index (κ1) is 4.35. The second-order valence-corrected chi connectivity index (χ2v) is 1.97. The molecule has 0 saturated carbocycles. The molecule has 0 aromatic carbocycles. The lowest BCUT2D eigenvalue weighted by Crippen LogP contribution is -2.32. The monoisotopic (exact) mass is 112 g/mol. The third-order valence-electron chi connectivity index (χ3n) is 1.32. The predicted molar refractivity (Wildman–Crippen MR) is 28.7 cm³/mol. The Balaban J connectivity index is 1.90. The molecule has 2 rings (SSSR count). The smallest absolute Gasteiger partial charge is 0.151 e. The number of hydrazine groups is 1. The van der Waals surface area contributed by atoms with E-state index in [2.05, 4.69) is 16.5 Å². The third kappa shape index (κ3) is 0.599. The van der Waals surface area contributed by atoms with Crippen molar-refractivity contribution in [2.24, 2.45) is 0 Å². The zero-order valence-corrected chi connectivity index (χ0v) is 4.50. The van der Waals surface area contributed by atoms with Crippen LogP contribution >= 0.6 is 0 Å². The van der Waals surface area contributed by atoms with Crippen LogP contribution in [0, 0.1) is 0 Å². The first-order chi connectivity index (χ1) is 3.97. The van der Waals surface area contributed by atoms with Crippen LogP contribution in [0.3, 0.4) is 0 Å². The molecule has 2 aliphatic heterocycles. The van der Waals surface area contributed by atoms with Crippen molar-refractivity contribution in [2.75, 3.05) is 13.2 Å². The summed E-state index contributed by atoms with van der Waals surface area (Å²) in [6.07, 6.45) is 4.36. The molecular formula is C5H8N2O. The summed E-state index contributed by atoms with van der Waals surface area (Å²) in [4.78, 5) is 0. The van der Waals surface area contributed by atoms with Gasteiger partial charge in [-0.1, -0.05) is 6.08 Å². The molecule has 1 N–H and O–H groups in total. The fraction of sp³-hybridized carbons (Fsp3) is 0.600. The van der Waals surface area contributed by atoms with E-state index in [1.807, 2.05) is 6.20 Å². The molecule has 2 aliphatic rings. The van der Waals surface area contributed by atoms with Crippen molar-refractivity contribution in [3.8, 4) is 0 Å². The maximum Gasteiger partial charge on any atom is 0.151 e. The van der Waals surface area contributed by atoms with Gasteiger partial charge in [0.1, 0.15) is 0 Å². The van der Waals surface area contributed by atoms with Gasteiger partial charge in [0, 0.05) is 12.7 Å². The molecule has 1 fully saturated rings. The van der Waals surface area contributed by atoms with Crippen LogP contribution < -0.4 is 5.43 Å². The van der Waals surface area contributed by atoms with Gasteiger partial charge < -0.3 is 10.2 Å². The quantitative estimate of drug-likeness (QED) is 0.471. The zero-order chi connectivity index (χ0) is 5.40. The van der Waals surface area contributed by atoms with Gasteiger partial charge in [-0.3, -0.25) is 0 Å². The number of rotatable bonds is 1. The SMILES string of the molecule is C1=CNN(C2CO2)C1. The Morgan fingerprint density at radius 1 is 1.75 bits per heavy atom. The van der Waals surface area contributed by atoms with Crippen LogP contribution in [0.1, 0.15) is 0 Å². The fourth-order valence-electron chi connectivity index (χ4n) is 0.791. The molecule has 8 heavy (non-hydrogen) atoms. The van der Waals surface area contributed by atoms with Gasteiger partial charge in [0.25, 0.3) is 0 Å². The van der Waals surface area contributed by atoms with Gasteiger partial charge in [-0.05, 0) is 0 Å². The van der Waals surface area contributed by atoms with Crippen molar-refractivity contribution in [1.29, 1.82) is 0 Å². The van der Waals surface area contributed by atoms with E-state index in [0.717, 1.165) is 13.2 Å². The minimum atomic E-state index is 0.352. The van der Waals surface area contributed by atoms with E-state index in [-0.39, 0.29) is 0 Å². The molecule has 0 amide bonds. The van der Waals surface area contributed by atoms with E-state index in [9.17, 15) is 0 Å². The lowest BCUT2D eigenvalue weighted by Gasteiger charge is -2.10. The molecule has 44 valence electrons. The summed E-state index contributed by atoms with van der Waals surface area (Å²) >= 11 is 0. The third-order valence-corrected chi connectivity index (χ3v) is 1.32. The minimum absolute atomic E-state index is 0.352. The number of ether oxygens (including phenoxy) is 1. The minimum Gasteiger partial charge on any atom is -0.355 e.